The second kappa shape index (κ2) is 3.94. The second-order valence-corrected chi connectivity index (χ2v) is 3.46. The number of imidazole rings is 1. The van der Waals surface area contributed by atoms with Gasteiger partial charge in [-0.2, -0.15) is 0 Å². The van der Waals surface area contributed by atoms with Crippen LogP contribution in [0.4, 0.5) is 5.95 Å². The quantitative estimate of drug-likeness (QED) is 0.795. The first-order valence-electron chi connectivity index (χ1n) is 4.12. The first kappa shape index (κ1) is 9.58. The third-order valence-corrected chi connectivity index (χ3v) is 2.25. The van der Waals surface area contributed by atoms with Crippen LogP contribution in [0.25, 0.3) is 0 Å². The lowest BCUT2D eigenvalue weighted by atomic mass is 10.5. The summed E-state index contributed by atoms with van der Waals surface area (Å²) in [6.07, 6.45) is 1.97. The van der Waals surface area contributed by atoms with Crippen molar-refractivity contribution in [3.63, 3.8) is 0 Å². The SMILES string of the molecule is CCN(CC)c1nc(Br)cn1C. The Morgan fingerprint density at radius 2 is 2.08 bits per heavy atom. The van der Waals surface area contributed by atoms with E-state index in [1.165, 1.54) is 0 Å². The summed E-state index contributed by atoms with van der Waals surface area (Å²) in [5.41, 5.74) is 0. The number of nitrogens with zero attached hydrogens (tertiary/aromatic N) is 3. The summed E-state index contributed by atoms with van der Waals surface area (Å²) in [5, 5.41) is 0. The predicted octanol–water partition coefficient (Wildman–Crippen LogP) is 2.03. The van der Waals surface area contributed by atoms with Crippen molar-refractivity contribution in [1.82, 2.24) is 9.55 Å². The lowest BCUT2D eigenvalue weighted by Gasteiger charge is -2.19. The zero-order valence-corrected chi connectivity index (χ0v) is 9.30. The molecule has 12 heavy (non-hydrogen) atoms. The van der Waals surface area contributed by atoms with Crippen LogP contribution in [0.3, 0.4) is 0 Å². The fraction of sp³-hybridized carbons (Fsp3) is 0.625. The summed E-state index contributed by atoms with van der Waals surface area (Å²) in [7, 11) is 2.01. The molecule has 68 valence electrons. The minimum Gasteiger partial charge on any atom is -0.343 e. The number of halogens is 1. The van der Waals surface area contributed by atoms with Gasteiger partial charge in [0, 0.05) is 26.3 Å². The monoisotopic (exact) mass is 231 g/mol. The second-order valence-electron chi connectivity index (χ2n) is 2.65. The van der Waals surface area contributed by atoms with E-state index in [2.05, 4.69) is 39.7 Å². The average molecular weight is 232 g/mol. The largest absolute Gasteiger partial charge is 0.343 e. The van der Waals surface area contributed by atoms with Gasteiger partial charge in [-0.3, -0.25) is 0 Å². The molecule has 3 nitrogen and oxygen atoms in total. The van der Waals surface area contributed by atoms with Crippen molar-refractivity contribution in [1.29, 1.82) is 0 Å². The van der Waals surface area contributed by atoms with Gasteiger partial charge in [-0.1, -0.05) is 0 Å². The summed E-state index contributed by atoms with van der Waals surface area (Å²) in [4.78, 5) is 6.57. The van der Waals surface area contributed by atoms with E-state index in [0.717, 1.165) is 23.6 Å². The number of rotatable bonds is 3. The van der Waals surface area contributed by atoms with Gasteiger partial charge in [-0.25, -0.2) is 4.98 Å². The molecule has 0 unspecified atom stereocenters. The molecule has 4 heteroatoms. The highest BCUT2D eigenvalue weighted by Crippen LogP contribution is 2.15. The van der Waals surface area contributed by atoms with Crippen LogP contribution in [-0.2, 0) is 7.05 Å². The van der Waals surface area contributed by atoms with E-state index in [1.807, 2.05) is 17.8 Å². The number of aryl methyl sites for hydroxylation is 1. The molecule has 0 saturated carbocycles. The Hall–Kier alpha value is -0.510. The van der Waals surface area contributed by atoms with Crippen LogP contribution in [0.2, 0.25) is 0 Å². The van der Waals surface area contributed by atoms with Gasteiger partial charge in [-0.15, -0.1) is 0 Å². The van der Waals surface area contributed by atoms with Crippen LogP contribution in [0.15, 0.2) is 10.8 Å². The van der Waals surface area contributed by atoms with Crippen LogP contribution >= 0.6 is 15.9 Å². The molecule has 0 aliphatic carbocycles. The van der Waals surface area contributed by atoms with E-state index in [1.54, 1.807) is 0 Å². The molecule has 1 aromatic rings. The van der Waals surface area contributed by atoms with Gasteiger partial charge < -0.3 is 9.47 Å². The molecule has 0 amide bonds. The zero-order valence-electron chi connectivity index (χ0n) is 7.71. The van der Waals surface area contributed by atoms with Crippen LogP contribution < -0.4 is 4.90 Å². The molecular weight excluding hydrogens is 218 g/mol. The zero-order chi connectivity index (χ0) is 9.14. The molecule has 0 radical (unpaired) electrons. The third-order valence-electron chi connectivity index (χ3n) is 1.87. The molecule has 1 rings (SSSR count). The molecule has 0 aromatic carbocycles. The lowest BCUT2D eigenvalue weighted by Crippen LogP contribution is -2.24. The summed E-state index contributed by atoms with van der Waals surface area (Å²) in [6.45, 7) is 6.25. The van der Waals surface area contributed by atoms with Crippen LogP contribution in [0.5, 0.6) is 0 Å². The van der Waals surface area contributed by atoms with E-state index in [4.69, 9.17) is 0 Å². The maximum atomic E-state index is 4.36. The van der Waals surface area contributed by atoms with E-state index < -0.39 is 0 Å². The van der Waals surface area contributed by atoms with Crippen LogP contribution in [-0.4, -0.2) is 22.6 Å². The molecule has 1 heterocycles. The van der Waals surface area contributed by atoms with Crippen LogP contribution in [0, 0.1) is 0 Å². The number of aromatic nitrogens is 2. The molecule has 0 aliphatic heterocycles. The van der Waals surface area contributed by atoms with Crippen molar-refractivity contribution < 1.29 is 0 Å². The maximum absolute atomic E-state index is 4.36. The molecule has 0 aliphatic rings. The molecule has 0 saturated heterocycles. The average Bonchev–Trinajstić information content (AvgIpc) is 2.34. The summed E-state index contributed by atoms with van der Waals surface area (Å²) < 4.78 is 2.92. The van der Waals surface area contributed by atoms with Gasteiger partial charge in [0.1, 0.15) is 4.60 Å². The normalized spacial score (nSPS) is 10.3. The summed E-state index contributed by atoms with van der Waals surface area (Å²) in [6, 6.07) is 0. The maximum Gasteiger partial charge on any atom is 0.206 e. The fourth-order valence-corrected chi connectivity index (χ4v) is 1.69. The standard InChI is InChI=1S/C8H14BrN3/c1-4-12(5-2)8-10-7(9)6-11(8)3/h6H,4-5H2,1-3H3. The van der Waals surface area contributed by atoms with E-state index in [0.29, 0.717) is 0 Å². The Morgan fingerprint density at radius 3 is 2.42 bits per heavy atom. The van der Waals surface area contributed by atoms with Gasteiger partial charge >= 0.3 is 0 Å². The summed E-state index contributed by atoms with van der Waals surface area (Å²) in [5.74, 6) is 1.02. The smallest absolute Gasteiger partial charge is 0.206 e. The Bertz CT molecular complexity index is 253. The van der Waals surface area contributed by atoms with Crippen molar-refractivity contribution in [3.8, 4) is 0 Å². The van der Waals surface area contributed by atoms with Gasteiger partial charge in [0.15, 0.2) is 0 Å². The van der Waals surface area contributed by atoms with Gasteiger partial charge in [0.2, 0.25) is 5.95 Å². The fourth-order valence-electron chi connectivity index (χ4n) is 1.22. The minimum atomic E-state index is 0.895. The van der Waals surface area contributed by atoms with Gasteiger partial charge in [0.25, 0.3) is 0 Å². The Balaban J connectivity index is 2.91. The first-order chi connectivity index (χ1) is 5.69. The highest BCUT2D eigenvalue weighted by molar-refractivity contribution is 9.10. The van der Waals surface area contributed by atoms with Crippen molar-refractivity contribution in [2.45, 2.75) is 13.8 Å². The molecule has 1 aromatic heterocycles. The van der Waals surface area contributed by atoms with E-state index >= 15 is 0 Å². The topological polar surface area (TPSA) is 21.1 Å². The first-order valence-corrected chi connectivity index (χ1v) is 4.92. The molecule has 0 bridgehead atoms. The highest BCUT2D eigenvalue weighted by atomic mass is 79.9. The number of hydrogen-bond donors (Lipinski definition) is 0. The van der Waals surface area contributed by atoms with E-state index in [-0.39, 0.29) is 0 Å². The Morgan fingerprint density at radius 1 is 1.50 bits per heavy atom. The molecule has 0 N–H and O–H groups in total. The molecular formula is C8H14BrN3. The summed E-state index contributed by atoms with van der Waals surface area (Å²) >= 11 is 3.35. The Kier molecular flexibility index (Phi) is 3.14. The third kappa shape index (κ3) is 1.80. The number of hydrogen-bond acceptors (Lipinski definition) is 2. The van der Waals surface area contributed by atoms with Gasteiger partial charge in [0.05, 0.1) is 0 Å². The van der Waals surface area contributed by atoms with Crippen molar-refractivity contribution in [3.05, 3.63) is 10.8 Å². The number of anilines is 1. The Labute approximate surface area is 81.5 Å². The predicted molar refractivity (Wildman–Crippen MR) is 54.5 cm³/mol. The van der Waals surface area contributed by atoms with Crippen molar-refractivity contribution in [2.24, 2.45) is 7.05 Å². The molecule has 0 atom stereocenters. The molecule has 0 fully saturated rings. The van der Waals surface area contributed by atoms with Crippen molar-refractivity contribution >= 4 is 21.9 Å². The van der Waals surface area contributed by atoms with Crippen LogP contribution in [0.1, 0.15) is 13.8 Å². The minimum absolute atomic E-state index is 0.895. The highest BCUT2D eigenvalue weighted by Gasteiger charge is 2.08. The van der Waals surface area contributed by atoms with Gasteiger partial charge in [-0.05, 0) is 29.8 Å². The van der Waals surface area contributed by atoms with Crippen molar-refractivity contribution in [2.75, 3.05) is 18.0 Å². The lowest BCUT2D eigenvalue weighted by molar-refractivity contribution is 0.776. The molecule has 0 spiro atoms. The van der Waals surface area contributed by atoms with E-state index in [9.17, 15) is 0 Å².